The van der Waals surface area contributed by atoms with Gasteiger partial charge in [0.05, 0.1) is 5.02 Å². The molecule has 1 aromatic heterocycles. The molecule has 0 atom stereocenters. The number of aromatic amines is 1. The van der Waals surface area contributed by atoms with Crippen LogP contribution in [0.2, 0.25) is 5.02 Å². The van der Waals surface area contributed by atoms with E-state index < -0.39 is 0 Å². The smallest absolute Gasteiger partial charge is 0.251 e. The Balaban J connectivity index is 2.59. The average Bonchev–Trinajstić information content (AvgIpc) is 2.65. The number of fused-ring (bicyclic) bond motifs is 1. The number of halogens is 1. The van der Waals surface area contributed by atoms with Crippen molar-refractivity contribution in [2.45, 2.75) is 19.8 Å². The largest absolute Gasteiger partial charge is 0.357 e. The molecule has 0 spiro atoms. The molecule has 0 fully saturated rings. The van der Waals surface area contributed by atoms with E-state index in [1.165, 1.54) is 0 Å². The highest BCUT2D eigenvalue weighted by Gasteiger charge is 2.13. The van der Waals surface area contributed by atoms with E-state index >= 15 is 0 Å². The second kappa shape index (κ2) is 4.41. The fraction of sp³-hybridized carbons (Fsp3) is 0.308. The van der Waals surface area contributed by atoms with E-state index in [-0.39, 0.29) is 5.91 Å². The molecule has 2 rings (SSSR count). The third-order valence-electron chi connectivity index (χ3n) is 2.83. The van der Waals surface area contributed by atoms with Crippen LogP contribution in [0.5, 0.6) is 0 Å². The van der Waals surface area contributed by atoms with E-state index in [1.807, 2.05) is 12.1 Å². The molecule has 4 heteroatoms. The molecule has 0 saturated carbocycles. The summed E-state index contributed by atoms with van der Waals surface area (Å²) in [6, 6.07) is 5.49. The van der Waals surface area contributed by atoms with Gasteiger partial charge in [-0.3, -0.25) is 4.79 Å². The van der Waals surface area contributed by atoms with Crippen molar-refractivity contribution < 1.29 is 4.79 Å². The Morgan fingerprint density at radius 3 is 2.71 bits per heavy atom. The highest BCUT2D eigenvalue weighted by molar-refractivity contribution is 6.36. The van der Waals surface area contributed by atoms with Crippen LogP contribution >= 0.6 is 11.6 Å². The maximum atomic E-state index is 11.5. The molecule has 0 aliphatic rings. The van der Waals surface area contributed by atoms with Gasteiger partial charge in [-0.05, 0) is 18.1 Å². The molecule has 3 nitrogen and oxygen atoms in total. The minimum atomic E-state index is -0.0938. The van der Waals surface area contributed by atoms with Crippen LogP contribution < -0.4 is 5.32 Å². The minimum Gasteiger partial charge on any atom is -0.357 e. The number of hydrogen-bond acceptors (Lipinski definition) is 1. The molecule has 0 unspecified atom stereocenters. The molecule has 2 N–H and O–H groups in total. The van der Waals surface area contributed by atoms with Crippen molar-refractivity contribution in [2.24, 2.45) is 0 Å². The molecule has 17 heavy (non-hydrogen) atoms. The first kappa shape index (κ1) is 12.0. The Hall–Kier alpha value is -1.48. The Bertz CT molecular complexity index is 572. The van der Waals surface area contributed by atoms with E-state index in [9.17, 15) is 4.79 Å². The lowest BCUT2D eigenvalue weighted by Crippen LogP contribution is -2.17. The Morgan fingerprint density at radius 2 is 2.12 bits per heavy atom. The van der Waals surface area contributed by atoms with Gasteiger partial charge in [-0.15, -0.1) is 0 Å². The lowest BCUT2D eigenvalue weighted by molar-refractivity contribution is 0.0963. The molecule has 2 aromatic rings. The number of hydrogen-bond donors (Lipinski definition) is 2. The second-order valence-corrected chi connectivity index (χ2v) is 4.72. The fourth-order valence-corrected chi connectivity index (χ4v) is 2.30. The highest BCUT2D eigenvalue weighted by Crippen LogP contribution is 2.32. The van der Waals surface area contributed by atoms with Gasteiger partial charge < -0.3 is 10.3 Å². The summed E-state index contributed by atoms with van der Waals surface area (Å²) in [5, 5.41) is 4.31. The van der Waals surface area contributed by atoms with Crippen molar-refractivity contribution in [1.82, 2.24) is 10.3 Å². The summed E-state index contributed by atoms with van der Waals surface area (Å²) in [5.74, 6) is 0.238. The highest BCUT2D eigenvalue weighted by atomic mass is 35.5. The summed E-state index contributed by atoms with van der Waals surface area (Å²) in [7, 11) is 1.62. The maximum absolute atomic E-state index is 11.5. The summed E-state index contributed by atoms with van der Waals surface area (Å²) in [5.41, 5.74) is 2.55. The number of H-pyrrole nitrogens is 1. The van der Waals surface area contributed by atoms with Crippen LogP contribution in [0.15, 0.2) is 18.2 Å². The zero-order chi connectivity index (χ0) is 12.6. The van der Waals surface area contributed by atoms with Crippen LogP contribution in [0, 0.1) is 0 Å². The molecule has 0 aliphatic heterocycles. The number of carbonyl (C=O) groups excluding carboxylic acids is 1. The van der Waals surface area contributed by atoms with Crippen molar-refractivity contribution in [1.29, 1.82) is 0 Å². The first-order chi connectivity index (χ1) is 8.04. The monoisotopic (exact) mass is 250 g/mol. The van der Waals surface area contributed by atoms with Crippen LogP contribution in [0.3, 0.4) is 0 Å². The standard InChI is InChI=1S/C13H15ClN2O/c1-7(2)12-11(14)9-5-4-8(13(17)15-3)6-10(9)16-12/h4-7,16H,1-3H3,(H,15,17). The number of aromatic nitrogens is 1. The van der Waals surface area contributed by atoms with Crippen LogP contribution in [-0.2, 0) is 0 Å². The van der Waals surface area contributed by atoms with Crippen LogP contribution in [0.1, 0.15) is 35.8 Å². The molecule has 0 bridgehead atoms. The predicted molar refractivity (Wildman–Crippen MR) is 70.8 cm³/mol. The Kier molecular flexibility index (Phi) is 3.11. The molecule has 1 aromatic carbocycles. The van der Waals surface area contributed by atoms with Gasteiger partial charge >= 0.3 is 0 Å². The first-order valence-electron chi connectivity index (χ1n) is 5.57. The second-order valence-electron chi connectivity index (χ2n) is 4.35. The first-order valence-corrected chi connectivity index (χ1v) is 5.95. The number of rotatable bonds is 2. The van der Waals surface area contributed by atoms with Gasteiger partial charge in [-0.25, -0.2) is 0 Å². The zero-order valence-corrected chi connectivity index (χ0v) is 10.9. The summed E-state index contributed by atoms with van der Waals surface area (Å²) < 4.78 is 0. The van der Waals surface area contributed by atoms with Crippen LogP contribution in [0.4, 0.5) is 0 Å². The van der Waals surface area contributed by atoms with Gasteiger partial charge in [-0.2, -0.15) is 0 Å². The van der Waals surface area contributed by atoms with Gasteiger partial charge in [0.15, 0.2) is 0 Å². The molecular weight excluding hydrogens is 236 g/mol. The Labute approximate surface area is 105 Å². The molecular formula is C13H15ClN2O. The van der Waals surface area contributed by atoms with E-state index in [0.29, 0.717) is 11.5 Å². The lowest BCUT2D eigenvalue weighted by Gasteiger charge is -2.00. The van der Waals surface area contributed by atoms with Gasteiger partial charge in [0.2, 0.25) is 0 Å². The van der Waals surface area contributed by atoms with Crippen LogP contribution in [-0.4, -0.2) is 17.9 Å². The van der Waals surface area contributed by atoms with E-state index in [0.717, 1.165) is 21.6 Å². The molecule has 0 aliphatic carbocycles. The van der Waals surface area contributed by atoms with E-state index in [2.05, 4.69) is 24.1 Å². The van der Waals surface area contributed by atoms with Crippen molar-refractivity contribution in [3.05, 3.63) is 34.5 Å². The summed E-state index contributed by atoms with van der Waals surface area (Å²) in [6.45, 7) is 4.16. The van der Waals surface area contributed by atoms with Crippen molar-refractivity contribution >= 4 is 28.4 Å². The molecule has 0 radical (unpaired) electrons. The van der Waals surface area contributed by atoms with Crippen molar-refractivity contribution in [2.75, 3.05) is 7.05 Å². The maximum Gasteiger partial charge on any atom is 0.251 e. The quantitative estimate of drug-likeness (QED) is 0.844. The average molecular weight is 251 g/mol. The van der Waals surface area contributed by atoms with Gasteiger partial charge in [-0.1, -0.05) is 31.5 Å². The summed E-state index contributed by atoms with van der Waals surface area (Å²) in [4.78, 5) is 14.8. The van der Waals surface area contributed by atoms with Gasteiger partial charge in [0.1, 0.15) is 0 Å². The van der Waals surface area contributed by atoms with E-state index in [4.69, 9.17) is 11.6 Å². The minimum absolute atomic E-state index is 0.0938. The molecule has 0 saturated heterocycles. The number of benzene rings is 1. The number of amides is 1. The third-order valence-corrected chi connectivity index (χ3v) is 3.24. The molecule has 90 valence electrons. The fourth-order valence-electron chi connectivity index (χ4n) is 1.87. The normalized spacial score (nSPS) is 11.1. The van der Waals surface area contributed by atoms with Gasteiger partial charge in [0, 0.05) is 29.2 Å². The molecule has 1 heterocycles. The SMILES string of the molecule is CNC(=O)c1ccc2c(Cl)c(C(C)C)[nH]c2c1. The summed E-state index contributed by atoms with van der Waals surface area (Å²) >= 11 is 6.29. The predicted octanol–water partition coefficient (Wildman–Crippen LogP) is 3.30. The zero-order valence-electron chi connectivity index (χ0n) is 10.1. The topological polar surface area (TPSA) is 44.9 Å². The number of nitrogens with one attached hydrogen (secondary N) is 2. The number of carbonyl (C=O) groups is 1. The van der Waals surface area contributed by atoms with Crippen molar-refractivity contribution in [3.63, 3.8) is 0 Å². The summed E-state index contributed by atoms with van der Waals surface area (Å²) in [6.07, 6.45) is 0. The molecule has 1 amide bonds. The van der Waals surface area contributed by atoms with Crippen LogP contribution in [0.25, 0.3) is 10.9 Å². The lowest BCUT2D eigenvalue weighted by atomic mass is 10.1. The van der Waals surface area contributed by atoms with Crippen molar-refractivity contribution in [3.8, 4) is 0 Å². The Morgan fingerprint density at radius 1 is 1.41 bits per heavy atom. The third kappa shape index (κ3) is 2.03. The van der Waals surface area contributed by atoms with E-state index in [1.54, 1.807) is 13.1 Å². The van der Waals surface area contributed by atoms with Gasteiger partial charge in [0.25, 0.3) is 5.91 Å².